The molecule has 1 atom stereocenters. The van der Waals surface area contributed by atoms with E-state index in [1.807, 2.05) is 24.3 Å². The zero-order valence-electron chi connectivity index (χ0n) is 14.3. The molecule has 0 bridgehead atoms. The fraction of sp³-hybridized carbons (Fsp3) is 0.421. The van der Waals surface area contributed by atoms with Crippen LogP contribution in [0.4, 0.5) is 11.5 Å². The molecule has 1 aromatic heterocycles. The van der Waals surface area contributed by atoms with Crippen molar-refractivity contribution in [3.8, 4) is 0 Å². The van der Waals surface area contributed by atoms with Gasteiger partial charge < -0.3 is 10.2 Å². The van der Waals surface area contributed by atoms with Crippen LogP contribution in [0.5, 0.6) is 0 Å². The smallest absolute Gasteiger partial charge is 0.275 e. The average Bonchev–Trinajstić information content (AvgIpc) is 2.62. The number of anilines is 2. The predicted molar refractivity (Wildman–Crippen MR) is 96.4 cm³/mol. The molecule has 1 N–H and O–H groups in total. The molecule has 1 amide bonds. The van der Waals surface area contributed by atoms with Crippen LogP contribution < -0.4 is 10.2 Å². The number of nitrogens with one attached hydrogen (secondary N) is 1. The van der Waals surface area contributed by atoms with Crippen LogP contribution in [0.1, 0.15) is 42.7 Å². The molecule has 1 saturated heterocycles. The van der Waals surface area contributed by atoms with Gasteiger partial charge in [-0.1, -0.05) is 26.0 Å². The van der Waals surface area contributed by atoms with Gasteiger partial charge in [0.2, 0.25) is 0 Å². The van der Waals surface area contributed by atoms with Crippen LogP contribution in [0.25, 0.3) is 0 Å². The minimum atomic E-state index is -0.231. The Morgan fingerprint density at radius 1 is 1.25 bits per heavy atom. The lowest BCUT2D eigenvalue weighted by Crippen LogP contribution is -2.35. The maximum absolute atomic E-state index is 12.3. The summed E-state index contributed by atoms with van der Waals surface area (Å²) in [6, 6.07) is 7.85. The Bertz CT molecular complexity index is 682. The number of amides is 1. The Balaban J connectivity index is 1.64. The van der Waals surface area contributed by atoms with Crippen molar-refractivity contribution in [3.05, 3.63) is 47.9 Å². The number of aromatic nitrogens is 2. The molecule has 0 saturated carbocycles. The van der Waals surface area contributed by atoms with Crippen LogP contribution in [-0.4, -0.2) is 29.0 Å². The van der Waals surface area contributed by atoms with Gasteiger partial charge in [0.15, 0.2) is 0 Å². The molecule has 5 nitrogen and oxygen atoms in total. The maximum atomic E-state index is 12.3. The van der Waals surface area contributed by atoms with Gasteiger partial charge in [0.25, 0.3) is 5.91 Å². The van der Waals surface area contributed by atoms with Crippen molar-refractivity contribution in [3.63, 3.8) is 0 Å². The van der Waals surface area contributed by atoms with E-state index < -0.39 is 0 Å². The molecule has 1 aromatic carbocycles. The number of carbonyl (C=O) groups excluding carboxylic acids is 1. The third kappa shape index (κ3) is 3.91. The lowest BCUT2D eigenvalue weighted by atomic mass is 10.0. The summed E-state index contributed by atoms with van der Waals surface area (Å²) in [4.78, 5) is 23.2. The number of piperidine rings is 1. The molecule has 0 radical (unpaired) electrons. The third-order valence-electron chi connectivity index (χ3n) is 4.47. The Morgan fingerprint density at radius 2 is 2.04 bits per heavy atom. The molecule has 1 aliphatic heterocycles. The molecule has 1 fully saturated rings. The highest BCUT2D eigenvalue weighted by Gasteiger charge is 2.18. The van der Waals surface area contributed by atoms with Crippen LogP contribution in [0, 0.1) is 5.92 Å². The molecule has 0 aliphatic carbocycles. The summed E-state index contributed by atoms with van der Waals surface area (Å²) in [6.07, 6.45) is 6.69. The first kappa shape index (κ1) is 16.4. The minimum absolute atomic E-state index is 0.231. The van der Waals surface area contributed by atoms with Crippen LogP contribution in [-0.2, 0) is 6.42 Å². The quantitative estimate of drug-likeness (QED) is 0.935. The second kappa shape index (κ2) is 7.43. The van der Waals surface area contributed by atoms with Crippen LogP contribution in [0.3, 0.4) is 0 Å². The molecule has 1 unspecified atom stereocenters. The molecule has 1 aliphatic rings. The molecule has 5 heteroatoms. The lowest BCUT2D eigenvalue weighted by molar-refractivity contribution is 0.102. The van der Waals surface area contributed by atoms with E-state index in [-0.39, 0.29) is 5.91 Å². The number of nitrogens with zero attached hydrogens (tertiary/aromatic N) is 3. The van der Waals surface area contributed by atoms with Crippen molar-refractivity contribution >= 4 is 17.4 Å². The van der Waals surface area contributed by atoms with Gasteiger partial charge in [0, 0.05) is 18.8 Å². The molecular weight excluding hydrogens is 300 g/mol. The van der Waals surface area contributed by atoms with Gasteiger partial charge in [0.05, 0.1) is 12.4 Å². The first-order valence-corrected chi connectivity index (χ1v) is 8.63. The van der Waals surface area contributed by atoms with Crippen molar-refractivity contribution in [2.24, 2.45) is 5.92 Å². The maximum Gasteiger partial charge on any atom is 0.275 e. The zero-order chi connectivity index (χ0) is 16.9. The fourth-order valence-corrected chi connectivity index (χ4v) is 3.02. The molecule has 2 aromatic rings. The predicted octanol–water partition coefficient (Wildman–Crippen LogP) is 3.53. The van der Waals surface area contributed by atoms with E-state index in [1.54, 1.807) is 12.4 Å². The fourth-order valence-electron chi connectivity index (χ4n) is 3.02. The lowest BCUT2D eigenvalue weighted by Gasteiger charge is -2.31. The normalized spacial score (nSPS) is 17.6. The minimum Gasteiger partial charge on any atom is -0.355 e. The number of hydrogen-bond donors (Lipinski definition) is 1. The van der Waals surface area contributed by atoms with E-state index in [0.29, 0.717) is 11.6 Å². The van der Waals surface area contributed by atoms with Crippen molar-refractivity contribution < 1.29 is 4.79 Å². The van der Waals surface area contributed by atoms with Gasteiger partial charge in [-0.2, -0.15) is 0 Å². The Morgan fingerprint density at radius 3 is 2.67 bits per heavy atom. The van der Waals surface area contributed by atoms with Crippen LogP contribution in [0.2, 0.25) is 0 Å². The van der Waals surface area contributed by atoms with E-state index in [1.165, 1.54) is 18.4 Å². The second-order valence-electron chi connectivity index (χ2n) is 6.46. The van der Waals surface area contributed by atoms with Gasteiger partial charge in [-0.3, -0.25) is 4.79 Å². The largest absolute Gasteiger partial charge is 0.355 e. The number of benzene rings is 1. The monoisotopic (exact) mass is 324 g/mol. The summed E-state index contributed by atoms with van der Waals surface area (Å²) in [7, 11) is 0. The Labute approximate surface area is 143 Å². The van der Waals surface area contributed by atoms with E-state index in [9.17, 15) is 4.79 Å². The third-order valence-corrected chi connectivity index (χ3v) is 4.47. The van der Waals surface area contributed by atoms with E-state index in [2.05, 4.69) is 34.0 Å². The number of rotatable bonds is 4. The number of aryl methyl sites for hydroxylation is 1. The molecule has 3 rings (SSSR count). The van der Waals surface area contributed by atoms with Crippen molar-refractivity contribution in [2.75, 3.05) is 23.3 Å². The molecule has 2 heterocycles. The summed E-state index contributed by atoms with van der Waals surface area (Å²) in [6.45, 7) is 6.37. The van der Waals surface area contributed by atoms with Gasteiger partial charge in [-0.25, -0.2) is 9.97 Å². The van der Waals surface area contributed by atoms with Crippen LogP contribution in [0.15, 0.2) is 36.7 Å². The summed E-state index contributed by atoms with van der Waals surface area (Å²) in [5.74, 6) is 1.30. The van der Waals surface area contributed by atoms with Crippen LogP contribution >= 0.6 is 0 Å². The second-order valence-corrected chi connectivity index (χ2v) is 6.46. The van der Waals surface area contributed by atoms with Crippen molar-refractivity contribution in [1.82, 2.24) is 9.97 Å². The average molecular weight is 324 g/mol. The SMILES string of the molecule is CCc1ccc(NC(=O)c2cnc(N3CCCC(C)C3)cn2)cc1. The van der Waals surface area contributed by atoms with E-state index >= 15 is 0 Å². The van der Waals surface area contributed by atoms with Gasteiger partial charge in [-0.15, -0.1) is 0 Å². The van der Waals surface area contributed by atoms with E-state index in [4.69, 9.17) is 0 Å². The molecule has 126 valence electrons. The number of hydrogen-bond acceptors (Lipinski definition) is 4. The summed E-state index contributed by atoms with van der Waals surface area (Å²) < 4.78 is 0. The Kier molecular flexibility index (Phi) is 5.08. The Hall–Kier alpha value is -2.43. The van der Waals surface area contributed by atoms with Gasteiger partial charge >= 0.3 is 0 Å². The highest BCUT2D eigenvalue weighted by molar-refractivity contribution is 6.02. The summed E-state index contributed by atoms with van der Waals surface area (Å²) >= 11 is 0. The van der Waals surface area contributed by atoms with Gasteiger partial charge in [0.1, 0.15) is 11.5 Å². The highest BCUT2D eigenvalue weighted by Crippen LogP contribution is 2.20. The molecule has 0 spiro atoms. The molecule has 24 heavy (non-hydrogen) atoms. The van der Waals surface area contributed by atoms with E-state index in [0.717, 1.165) is 31.0 Å². The van der Waals surface area contributed by atoms with Gasteiger partial charge in [-0.05, 0) is 42.9 Å². The first-order valence-electron chi connectivity index (χ1n) is 8.63. The zero-order valence-corrected chi connectivity index (χ0v) is 14.3. The summed E-state index contributed by atoms with van der Waals surface area (Å²) in [5, 5.41) is 2.86. The highest BCUT2D eigenvalue weighted by atomic mass is 16.1. The van der Waals surface area contributed by atoms with Crippen molar-refractivity contribution in [2.45, 2.75) is 33.1 Å². The molecular formula is C19H24N4O. The topological polar surface area (TPSA) is 58.1 Å². The summed E-state index contributed by atoms with van der Waals surface area (Å²) in [5.41, 5.74) is 2.35. The first-order chi connectivity index (χ1) is 11.7. The standard InChI is InChI=1S/C19H24N4O/c1-3-15-6-8-16(9-7-15)22-19(24)17-11-21-18(12-20-17)23-10-4-5-14(2)13-23/h6-9,11-12,14H,3-5,10,13H2,1-2H3,(H,22,24). The number of carbonyl (C=O) groups is 1. The van der Waals surface area contributed by atoms with Crippen molar-refractivity contribution in [1.29, 1.82) is 0 Å².